The molecule has 0 aliphatic carbocycles. The van der Waals surface area contributed by atoms with Gasteiger partial charge in [0.25, 0.3) is 0 Å². The molecule has 0 radical (unpaired) electrons. The fourth-order valence-corrected chi connectivity index (χ4v) is 0.973. The predicted molar refractivity (Wildman–Crippen MR) is 52.7 cm³/mol. The van der Waals surface area contributed by atoms with Gasteiger partial charge in [0.1, 0.15) is 0 Å². The van der Waals surface area contributed by atoms with Crippen molar-refractivity contribution in [2.45, 2.75) is 46.5 Å². The van der Waals surface area contributed by atoms with Crippen LogP contribution in [0.25, 0.3) is 0 Å². The van der Waals surface area contributed by atoms with Crippen LogP contribution in [-0.4, -0.2) is 0 Å². The molecule has 0 atom stereocenters. The van der Waals surface area contributed by atoms with Gasteiger partial charge in [-0.25, -0.2) is 0 Å². The maximum atomic E-state index is 2.24. The van der Waals surface area contributed by atoms with E-state index in [4.69, 9.17) is 0 Å². The van der Waals surface area contributed by atoms with Gasteiger partial charge in [-0.2, -0.15) is 0 Å². The van der Waals surface area contributed by atoms with Crippen LogP contribution in [0, 0.1) is 0 Å². The van der Waals surface area contributed by atoms with Crippen LogP contribution in [0.2, 0.25) is 0 Å². The molecule has 0 bridgehead atoms. The lowest BCUT2D eigenvalue weighted by molar-refractivity contribution is 0.905. The van der Waals surface area contributed by atoms with Crippen molar-refractivity contribution in [1.82, 2.24) is 0 Å². The Balaban J connectivity index is 3.53. The molecule has 11 heavy (non-hydrogen) atoms. The van der Waals surface area contributed by atoms with Gasteiger partial charge >= 0.3 is 0 Å². The van der Waals surface area contributed by atoms with Gasteiger partial charge < -0.3 is 0 Å². The third-order valence-corrected chi connectivity index (χ3v) is 1.62. The van der Waals surface area contributed by atoms with Gasteiger partial charge in [-0.1, -0.05) is 50.5 Å². The van der Waals surface area contributed by atoms with Gasteiger partial charge in [-0.05, 0) is 19.8 Å². The van der Waals surface area contributed by atoms with E-state index in [2.05, 4.69) is 39.0 Å². The zero-order valence-corrected chi connectivity index (χ0v) is 8.06. The second-order valence-electron chi connectivity index (χ2n) is 2.98. The van der Waals surface area contributed by atoms with Crippen molar-refractivity contribution in [3.8, 4) is 0 Å². The molecule has 0 heteroatoms. The standard InChI is InChI=1S/C11H20/c1-4-6-7-8-10-11(3)9-5-2/h7-8,10H,4-6,9H2,1-3H3. The Labute approximate surface area is 71.0 Å². The Hall–Kier alpha value is -0.520. The summed E-state index contributed by atoms with van der Waals surface area (Å²) < 4.78 is 0. The molecule has 0 N–H and O–H groups in total. The van der Waals surface area contributed by atoms with Gasteiger partial charge in [0, 0.05) is 0 Å². The van der Waals surface area contributed by atoms with E-state index in [1.54, 1.807) is 0 Å². The number of hydrogen-bond donors (Lipinski definition) is 0. The van der Waals surface area contributed by atoms with Crippen LogP contribution < -0.4 is 0 Å². The molecule has 0 saturated heterocycles. The summed E-state index contributed by atoms with van der Waals surface area (Å²) in [5.74, 6) is 0. The zero-order chi connectivity index (χ0) is 8.53. The lowest BCUT2D eigenvalue weighted by Crippen LogP contribution is -1.72. The molecule has 64 valence electrons. The molecule has 0 aliphatic heterocycles. The van der Waals surface area contributed by atoms with Crippen molar-refractivity contribution in [3.63, 3.8) is 0 Å². The summed E-state index contributed by atoms with van der Waals surface area (Å²) in [5.41, 5.74) is 1.49. The predicted octanol–water partition coefficient (Wildman–Crippen LogP) is 4.09. The lowest BCUT2D eigenvalue weighted by atomic mass is 10.1. The Bertz CT molecular complexity index is 129. The molecule has 0 nitrogen and oxygen atoms in total. The van der Waals surface area contributed by atoms with Crippen molar-refractivity contribution < 1.29 is 0 Å². The van der Waals surface area contributed by atoms with Gasteiger partial charge in [-0.3, -0.25) is 0 Å². The highest BCUT2D eigenvalue weighted by Gasteiger charge is 1.82. The molecular weight excluding hydrogens is 132 g/mol. The second kappa shape index (κ2) is 7.59. The monoisotopic (exact) mass is 152 g/mol. The van der Waals surface area contributed by atoms with E-state index < -0.39 is 0 Å². The van der Waals surface area contributed by atoms with Gasteiger partial charge in [-0.15, -0.1) is 0 Å². The third kappa shape index (κ3) is 7.38. The van der Waals surface area contributed by atoms with Gasteiger partial charge in [0.05, 0.1) is 0 Å². The summed E-state index contributed by atoms with van der Waals surface area (Å²) in [6, 6.07) is 0. The average molecular weight is 152 g/mol. The van der Waals surface area contributed by atoms with Crippen molar-refractivity contribution in [3.05, 3.63) is 23.8 Å². The lowest BCUT2D eigenvalue weighted by Gasteiger charge is -1.92. The topological polar surface area (TPSA) is 0 Å². The molecule has 0 aromatic carbocycles. The minimum Gasteiger partial charge on any atom is -0.0845 e. The highest BCUT2D eigenvalue weighted by molar-refractivity contribution is 5.10. The molecule has 0 heterocycles. The van der Waals surface area contributed by atoms with Crippen LogP contribution in [0.3, 0.4) is 0 Å². The van der Waals surface area contributed by atoms with E-state index in [1.807, 2.05) is 0 Å². The van der Waals surface area contributed by atoms with E-state index in [1.165, 1.54) is 31.3 Å². The molecule has 0 fully saturated rings. The molecule has 0 saturated carbocycles. The van der Waals surface area contributed by atoms with Crippen LogP contribution in [0.1, 0.15) is 46.5 Å². The largest absolute Gasteiger partial charge is 0.0845 e. The Kier molecular flexibility index (Phi) is 7.23. The summed E-state index contributed by atoms with van der Waals surface area (Å²) in [6.07, 6.45) is 11.6. The van der Waals surface area contributed by atoms with Crippen molar-refractivity contribution in [2.24, 2.45) is 0 Å². The second-order valence-corrected chi connectivity index (χ2v) is 2.98. The first kappa shape index (κ1) is 10.5. The minimum atomic E-state index is 1.20. The van der Waals surface area contributed by atoms with Crippen LogP contribution in [0.15, 0.2) is 23.8 Å². The maximum Gasteiger partial charge on any atom is -0.0323 e. The van der Waals surface area contributed by atoms with Crippen LogP contribution in [-0.2, 0) is 0 Å². The Morgan fingerprint density at radius 2 is 1.91 bits per heavy atom. The van der Waals surface area contributed by atoms with Crippen LogP contribution >= 0.6 is 0 Å². The SMILES string of the molecule is CCCC=CC=C(C)CCC. The molecule has 0 aliphatic rings. The zero-order valence-electron chi connectivity index (χ0n) is 8.06. The molecule has 0 aromatic rings. The van der Waals surface area contributed by atoms with E-state index in [9.17, 15) is 0 Å². The molecule has 0 amide bonds. The first-order valence-electron chi connectivity index (χ1n) is 4.63. The first-order chi connectivity index (χ1) is 5.31. The quantitative estimate of drug-likeness (QED) is 0.520. The van der Waals surface area contributed by atoms with Gasteiger partial charge in [0.15, 0.2) is 0 Å². The number of rotatable bonds is 5. The minimum absolute atomic E-state index is 1.20. The summed E-state index contributed by atoms with van der Waals surface area (Å²) in [5, 5.41) is 0. The summed E-state index contributed by atoms with van der Waals surface area (Å²) in [7, 11) is 0. The highest BCUT2D eigenvalue weighted by atomic mass is 13.9. The van der Waals surface area contributed by atoms with Gasteiger partial charge in [0.2, 0.25) is 0 Å². The smallest absolute Gasteiger partial charge is 0.0323 e. The molecule has 0 aromatic heterocycles. The van der Waals surface area contributed by atoms with Crippen LogP contribution in [0.4, 0.5) is 0 Å². The highest BCUT2D eigenvalue weighted by Crippen LogP contribution is 2.02. The summed E-state index contributed by atoms with van der Waals surface area (Å²) in [4.78, 5) is 0. The molecular formula is C11H20. The maximum absolute atomic E-state index is 2.24. The third-order valence-electron chi connectivity index (χ3n) is 1.62. The van der Waals surface area contributed by atoms with Crippen LogP contribution in [0.5, 0.6) is 0 Å². The van der Waals surface area contributed by atoms with Crippen molar-refractivity contribution >= 4 is 0 Å². The van der Waals surface area contributed by atoms with E-state index in [0.717, 1.165) is 0 Å². The van der Waals surface area contributed by atoms with E-state index >= 15 is 0 Å². The first-order valence-corrected chi connectivity index (χ1v) is 4.63. The van der Waals surface area contributed by atoms with Crippen molar-refractivity contribution in [1.29, 1.82) is 0 Å². The van der Waals surface area contributed by atoms with Crippen molar-refractivity contribution in [2.75, 3.05) is 0 Å². The molecule has 0 unspecified atom stereocenters. The number of unbranched alkanes of at least 4 members (excludes halogenated alkanes) is 1. The average Bonchev–Trinajstić information content (AvgIpc) is 1.99. The summed E-state index contributed by atoms with van der Waals surface area (Å²) >= 11 is 0. The van der Waals surface area contributed by atoms with E-state index in [-0.39, 0.29) is 0 Å². The molecule has 0 rings (SSSR count). The molecule has 0 spiro atoms. The normalized spacial score (nSPS) is 12.8. The fourth-order valence-electron chi connectivity index (χ4n) is 0.973. The number of allylic oxidation sites excluding steroid dienone is 4. The van der Waals surface area contributed by atoms with E-state index in [0.29, 0.717) is 0 Å². The fraction of sp³-hybridized carbons (Fsp3) is 0.636. The summed E-state index contributed by atoms with van der Waals surface area (Å²) in [6.45, 7) is 6.61. The Morgan fingerprint density at radius 1 is 1.18 bits per heavy atom. The Morgan fingerprint density at radius 3 is 2.45 bits per heavy atom. The number of hydrogen-bond acceptors (Lipinski definition) is 0.